The summed E-state index contributed by atoms with van der Waals surface area (Å²) in [6.45, 7) is 6.13. The molecule has 1 amide bonds. The average Bonchev–Trinajstić information content (AvgIpc) is 3.10. The quantitative estimate of drug-likeness (QED) is 0.605. The van der Waals surface area contributed by atoms with Crippen LogP contribution in [0, 0.1) is 0 Å². The smallest absolute Gasteiger partial charge is 0.406 e. The third kappa shape index (κ3) is 5.04. The van der Waals surface area contributed by atoms with Gasteiger partial charge in [0.2, 0.25) is 0 Å². The summed E-state index contributed by atoms with van der Waals surface area (Å²) in [6.07, 6.45) is -3.04. The second-order valence-electron chi connectivity index (χ2n) is 6.08. The number of carbonyl (C=O) groups is 1. The number of rotatable bonds is 6. The van der Waals surface area contributed by atoms with E-state index in [9.17, 15) is 18.0 Å². The van der Waals surface area contributed by atoms with Gasteiger partial charge in [-0.15, -0.1) is 13.2 Å². The van der Waals surface area contributed by atoms with E-state index in [1.807, 2.05) is 31.2 Å². The molecule has 1 aromatic heterocycles. The first-order valence-electron chi connectivity index (χ1n) is 8.77. The Kier molecular flexibility index (Phi) is 5.72. The van der Waals surface area contributed by atoms with Gasteiger partial charge in [-0.25, -0.2) is 4.68 Å². The van der Waals surface area contributed by atoms with Crippen molar-refractivity contribution in [3.8, 4) is 17.0 Å². The highest BCUT2D eigenvalue weighted by molar-refractivity contribution is 6.04. The van der Waals surface area contributed by atoms with Gasteiger partial charge in [0.15, 0.2) is 0 Å². The number of aromatic nitrogens is 2. The fourth-order valence-corrected chi connectivity index (χ4v) is 2.69. The van der Waals surface area contributed by atoms with Crippen LogP contribution < -0.4 is 10.1 Å². The Balaban J connectivity index is 1.77. The highest BCUT2D eigenvalue weighted by Crippen LogP contribution is 2.25. The number of nitrogens with one attached hydrogen (secondary N) is 1. The molecule has 0 saturated heterocycles. The van der Waals surface area contributed by atoms with Gasteiger partial charge in [0.1, 0.15) is 11.6 Å². The van der Waals surface area contributed by atoms with Crippen molar-refractivity contribution in [1.82, 2.24) is 9.78 Å². The van der Waals surface area contributed by atoms with Crippen LogP contribution in [0.5, 0.6) is 5.75 Å². The molecule has 29 heavy (non-hydrogen) atoms. The van der Waals surface area contributed by atoms with Gasteiger partial charge >= 0.3 is 6.36 Å². The minimum absolute atomic E-state index is 0.195. The lowest BCUT2D eigenvalue weighted by Gasteiger charge is -2.10. The minimum Gasteiger partial charge on any atom is -0.406 e. The van der Waals surface area contributed by atoms with Gasteiger partial charge in [0, 0.05) is 23.7 Å². The molecule has 0 unspecified atom stereocenters. The lowest BCUT2D eigenvalue weighted by molar-refractivity contribution is -0.274. The van der Waals surface area contributed by atoms with Gasteiger partial charge in [-0.2, -0.15) is 5.10 Å². The number of hydrogen-bond acceptors (Lipinski definition) is 3. The molecule has 0 aliphatic carbocycles. The van der Waals surface area contributed by atoms with Crippen molar-refractivity contribution in [2.24, 2.45) is 0 Å². The van der Waals surface area contributed by atoms with E-state index in [0.717, 1.165) is 23.3 Å². The number of hydrogen-bond donors (Lipinski definition) is 1. The molecule has 1 N–H and O–H groups in total. The molecule has 150 valence electrons. The molecule has 3 aromatic rings. The van der Waals surface area contributed by atoms with Crippen molar-refractivity contribution in [2.45, 2.75) is 19.8 Å². The largest absolute Gasteiger partial charge is 0.573 e. The molecule has 0 atom stereocenters. The number of alkyl halides is 3. The molecule has 3 rings (SSSR count). The normalized spacial score (nSPS) is 11.2. The molecule has 0 radical (unpaired) electrons. The molecular weight excluding hydrogens is 383 g/mol. The molecule has 0 spiro atoms. The first-order chi connectivity index (χ1) is 13.8. The van der Waals surface area contributed by atoms with Crippen molar-refractivity contribution in [1.29, 1.82) is 0 Å². The third-order valence-corrected chi connectivity index (χ3v) is 4.11. The van der Waals surface area contributed by atoms with Crippen molar-refractivity contribution in [3.63, 3.8) is 0 Å². The van der Waals surface area contributed by atoms with E-state index in [2.05, 4.69) is 21.7 Å². The topological polar surface area (TPSA) is 56.1 Å². The Morgan fingerprint density at radius 2 is 1.83 bits per heavy atom. The fourth-order valence-electron chi connectivity index (χ4n) is 2.69. The number of halogens is 3. The Morgan fingerprint density at radius 1 is 1.17 bits per heavy atom. The van der Waals surface area contributed by atoms with Crippen LogP contribution in [-0.2, 0) is 6.54 Å². The van der Waals surface area contributed by atoms with Gasteiger partial charge in [0.05, 0.1) is 5.69 Å². The maximum absolute atomic E-state index is 12.5. The number of carbonyl (C=O) groups excluding carboxylic acids is 1. The Bertz CT molecular complexity index is 1010. The molecule has 0 aliphatic rings. The zero-order chi connectivity index (χ0) is 21.0. The van der Waals surface area contributed by atoms with Gasteiger partial charge < -0.3 is 10.1 Å². The highest BCUT2D eigenvalue weighted by atomic mass is 19.4. The number of benzene rings is 2. The minimum atomic E-state index is -4.78. The summed E-state index contributed by atoms with van der Waals surface area (Å²) in [5.41, 5.74) is 2.74. The molecule has 5 nitrogen and oxygen atoms in total. The SMILES string of the molecule is C=Cc1ccc(-c2cc(NC(=O)c3ccc(OC(F)(F)F)cc3)n(CC)n2)cc1. The molecule has 8 heteroatoms. The fraction of sp³-hybridized carbons (Fsp3) is 0.143. The van der Waals surface area contributed by atoms with E-state index in [4.69, 9.17) is 0 Å². The van der Waals surface area contributed by atoms with E-state index < -0.39 is 18.0 Å². The van der Waals surface area contributed by atoms with Crippen LogP contribution in [0.2, 0.25) is 0 Å². The van der Waals surface area contributed by atoms with E-state index in [1.165, 1.54) is 12.1 Å². The second kappa shape index (κ2) is 8.22. The van der Waals surface area contributed by atoms with E-state index in [1.54, 1.807) is 16.8 Å². The monoisotopic (exact) mass is 401 g/mol. The molecule has 1 heterocycles. The van der Waals surface area contributed by atoms with Gasteiger partial charge in [-0.05, 0) is 36.8 Å². The maximum Gasteiger partial charge on any atom is 0.573 e. The van der Waals surface area contributed by atoms with Crippen molar-refractivity contribution in [3.05, 3.63) is 72.3 Å². The highest BCUT2D eigenvalue weighted by Gasteiger charge is 2.31. The summed E-state index contributed by atoms with van der Waals surface area (Å²) in [6, 6.07) is 14.1. The molecule has 0 saturated carbocycles. The zero-order valence-electron chi connectivity index (χ0n) is 15.5. The number of anilines is 1. The third-order valence-electron chi connectivity index (χ3n) is 4.11. The number of amides is 1. The van der Waals surface area contributed by atoms with Crippen molar-refractivity contribution >= 4 is 17.8 Å². The number of nitrogens with zero attached hydrogens (tertiary/aromatic N) is 2. The Morgan fingerprint density at radius 3 is 2.38 bits per heavy atom. The lowest BCUT2D eigenvalue weighted by Crippen LogP contribution is -2.18. The first kappa shape index (κ1) is 20.2. The zero-order valence-corrected chi connectivity index (χ0v) is 15.5. The van der Waals surface area contributed by atoms with Crippen LogP contribution in [0.1, 0.15) is 22.8 Å². The number of aryl methyl sites for hydroxylation is 1. The van der Waals surface area contributed by atoms with Crippen LogP contribution in [0.4, 0.5) is 19.0 Å². The predicted molar refractivity (Wildman–Crippen MR) is 105 cm³/mol. The van der Waals surface area contributed by atoms with Crippen molar-refractivity contribution in [2.75, 3.05) is 5.32 Å². The Hall–Kier alpha value is -3.55. The van der Waals surface area contributed by atoms with Crippen LogP contribution >= 0.6 is 0 Å². The molecule has 0 fully saturated rings. The van der Waals surface area contributed by atoms with Gasteiger partial charge in [-0.3, -0.25) is 4.79 Å². The van der Waals surface area contributed by atoms with Crippen LogP contribution in [-0.4, -0.2) is 22.1 Å². The second-order valence-corrected chi connectivity index (χ2v) is 6.08. The lowest BCUT2D eigenvalue weighted by atomic mass is 10.1. The van der Waals surface area contributed by atoms with Gasteiger partial charge in [-0.1, -0.05) is 36.9 Å². The summed E-state index contributed by atoms with van der Waals surface area (Å²) in [7, 11) is 0. The summed E-state index contributed by atoms with van der Waals surface area (Å²) in [5, 5.41) is 7.23. The van der Waals surface area contributed by atoms with Crippen molar-refractivity contribution < 1.29 is 22.7 Å². The molecular formula is C21H18F3N3O2. The van der Waals surface area contributed by atoms with Crippen LogP contribution in [0.15, 0.2) is 61.2 Å². The first-order valence-corrected chi connectivity index (χ1v) is 8.77. The molecule has 2 aromatic carbocycles. The number of ether oxygens (including phenoxy) is 1. The standard InChI is InChI=1S/C21H18F3N3O2/c1-3-14-5-7-15(8-6-14)18-13-19(27(4-2)26-18)25-20(28)16-9-11-17(12-10-16)29-21(22,23)24/h3,5-13H,1,4H2,2H3,(H,25,28). The van der Waals surface area contributed by atoms with Crippen LogP contribution in [0.3, 0.4) is 0 Å². The maximum atomic E-state index is 12.5. The Labute approximate surface area is 165 Å². The van der Waals surface area contributed by atoms with Gasteiger partial charge in [0.25, 0.3) is 5.91 Å². The molecule has 0 bridgehead atoms. The summed E-state index contributed by atoms with van der Waals surface area (Å²) < 4.78 is 42.2. The van der Waals surface area contributed by atoms with E-state index >= 15 is 0 Å². The predicted octanol–water partition coefficient (Wildman–Crippen LogP) is 5.36. The molecule has 0 aliphatic heterocycles. The van der Waals surface area contributed by atoms with E-state index in [0.29, 0.717) is 18.1 Å². The summed E-state index contributed by atoms with van der Waals surface area (Å²) in [4.78, 5) is 12.5. The summed E-state index contributed by atoms with van der Waals surface area (Å²) >= 11 is 0. The van der Waals surface area contributed by atoms with E-state index in [-0.39, 0.29) is 5.56 Å². The van der Waals surface area contributed by atoms with Crippen LogP contribution in [0.25, 0.3) is 17.3 Å². The average molecular weight is 401 g/mol. The summed E-state index contributed by atoms with van der Waals surface area (Å²) in [5.74, 6) is -0.375.